The maximum absolute atomic E-state index is 11.5. The molecule has 1 unspecified atom stereocenters. The zero-order valence-electron chi connectivity index (χ0n) is 7.34. The van der Waals surface area contributed by atoms with E-state index in [2.05, 4.69) is 11.2 Å². The van der Waals surface area contributed by atoms with Gasteiger partial charge < -0.3 is 10.2 Å². The molecule has 1 fully saturated rings. The molecule has 0 aliphatic carbocycles. The van der Waals surface area contributed by atoms with Gasteiger partial charge in [-0.3, -0.25) is 4.79 Å². The van der Waals surface area contributed by atoms with Crippen LogP contribution in [0.25, 0.3) is 0 Å². The van der Waals surface area contributed by atoms with E-state index < -0.39 is 0 Å². The third-order valence-corrected chi connectivity index (χ3v) is 2.02. The topological polar surface area (TPSA) is 32.3 Å². The molecule has 1 N–H and O–H groups in total. The number of carbonyl (C=O) groups excluding carboxylic acids is 1. The molecule has 66 valence electrons. The van der Waals surface area contributed by atoms with E-state index >= 15 is 0 Å². The highest BCUT2D eigenvalue weighted by Crippen LogP contribution is 2.00. The second-order valence-corrected chi connectivity index (χ2v) is 2.99. The SMILES string of the molecule is C#CCN1CCCNC(C)C1=O. The summed E-state index contributed by atoms with van der Waals surface area (Å²) >= 11 is 0. The number of terminal acetylenes is 1. The van der Waals surface area contributed by atoms with Crippen LogP contribution in [0.3, 0.4) is 0 Å². The molecule has 0 aromatic heterocycles. The molecule has 3 nitrogen and oxygen atoms in total. The smallest absolute Gasteiger partial charge is 0.240 e. The van der Waals surface area contributed by atoms with Crippen LogP contribution < -0.4 is 5.32 Å². The van der Waals surface area contributed by atoms with Gasteiger partial charge in [0.05, 0.1) is 12.6 Å². The van der Waals surface area contributed by atoms with E-state index in [-0.39, 0.29) is 11.9 Å². The number of nitrogens with one attached hydrogen (secondary N) is 1. The lowest BCUT2D eigenvalue weighted by atomic mass is 10.3. The van der Waals surface area contributed by atoms with E-state index in [0.29, 0.717) is 6.54 Å². The van der Waals surface area contributed by atoms with Crippen molar-refractivity contribution in [2.24, 2.45) is 0 Å². The maximum atomic E-state index is 11.5. The Labute approximate surface area is 73.1 Å². The van der Waals surface area contributed by atoms with Gasteiger partial charge in [0.25, 0.3) is 0 Å². The second kappa shape index (κ2) is 4.13. The highest BCUT2D eigenvalue weighted by molar-refractivity contribution is 5.81. The van der Waals surface area contributed by atoms with Crippen LogP contribution in [0, 0.1) is 12.3 Å². The Morgan fingerprint density at radius 1 is 1.83 bits per heavy atom. The molecule has 0 spiro atoms. The van der Waals surface area contributed by atoms with E-state index in [1.165, 1.54) is 0 Å². The van der Waals surface area contributed by atoms with Crippen molar-refractivity contribution in [3.63, 3.8) is 0 Å². The molecule has 3 heteroatoms. The predicted molar refractivity (Wildman–Crippen MR) is 47.5 cm³/mol. The Kier molecular flexibility index (Phi) is 3.12. The first-order chi connectivity index (χ1) is 5.75. The fourth-order valence-electron chi connectivity index (χ4n) is 1.33. The number of carbonyl (C=O) groups is 1. The Balaban J connectivity index is 2.59. The summed E-state index contributed by atoms with van der Waals surface area (Å²) < 4.78 is 0. The summed E-state index contributed by atoms with van der Waals surface area (Å²) in [5, 5.41) is 3.12. The molecule has 0 bridgehead atoms. The fraction of sp³-hybridized carbons (Fsp3) is 0.667. The lowest BCUT2D eigenvalue weighted by molar-refractivity contribution is -0.131. The van der Waals surface area contributed by atoms with Gasteiger partial charge in [-0.2, -0.15) is 0 Å². The highest BCUT2D eigenvalue weighted by atomic mass is 16.2. The zero-order valence-corrected chi connectivity index (χ0v) is 7.34. The van der Waals surface area contributed by atoms with Crippen molar-refractivity contribution < 1.29 is 4.79 Å². The van der Waals surface area contributed by atoms with Crippen molar-refractivity contribution in [2.45, 2.75) is 19.4 Å². The average molecular weight is 166 g/mol. The summed E-state index contributed by atoms with van der Waals surface area (Å²) in [7, 11) is 0. The van der Waals surface area contributed by atoms with Gasteiger partial charge in [-0.1, -0.05) is 5.92 Å². The summed E-state index contributed by atoms with van der Waals surface area (Å²) in [5.74, 6) is 2.61. The van der Waals surface area contributed by atoms with Gasteiger partial charge in [0.1, 0.15) is 0 Å². The molecule has 1 rings (SSSR count). The van der Waals surface area contributed by atoms with Crippen LogP contribution >= 0.6 is 0 Å². The highest BCUT2D eigenvalue weighted by Gasteiger charge is 2.21. The standard InChI is InChI=1S/C9H14N2O/c1-3-6-11-7-4-5-10-8(2)9(11)12/h1,8,10H,4-7H2,2H3. The maximum Gasteiger partial charge on any atom is 0.240 e. The van der Waals surface area contributed by atoms with E-state index in [4.69, 9.17) is 6.42 Å². The summed E-state index contributed by atoms with van der Waals surface area (Å²) in [6, 6.07) is -0.0825. The molecule has 0 aromatic carbocycles. The number of rotatable bonds is 1. The van der Waals surface area contributed by atoms with E-state index in [1.807, 2.05) is 6.92 Å². The molecular weight excluding hydrogens is 152 g/mol. The van der Waals surface area contributed by atoms with Crippen LogP contribution in [-0.4, -0.2) is 36.5 Å². The van der Waals surface area contributed by atoms with Crippen LogP contribution in [-0.2, 0) is 4.79 Å². The first kappa shape index (κ1) is 9.08. The van der Waals surface area contributed by atoms with Gasteiger partial charge in [0.2, 0.25) is 5.91 Å². The Hall–Kier alpha value is -1.01. The minimum atomic E-state index is -0.0825. The minimum Gasteiger partial charge on any atom is -0.330 e. The third-order valence-electron chi connectivity index (χ3n) is 2.02. The number of amides is 1. The minimum absolute atomic E-state index is 0.0825. The van der Waals surface area contributed by atoms with Gasteiger partial charge in [-0.25, -0.2) is 0 Å². The molecule has 1 atom stereocenters. The molecule has 1 aliphatic rings. The van der Waals surface area contributed by atoms with Gasteiger partial charge >= 0.3 is 0 Å². The van der Waals surface area contributed by atoms with Crippen molar-refractivity contribution in [3.05, 3.63) is 0 Å². The molecule has 0 saturated carbocycles. The van der Waals surface area contributed by atoms with E-state index in [9.17, 15) is 4.79 Å². The Morgan fingerprint density at radius 3 is 3.25 bits per heavy atom. The summed E-state index contributed by atoms with van der Waals surface area (Å²) in [6.45, 7) is 3.98. The summed E-state index contributed by atoms with van der Waals surface area (Å²) in [5.41, 5.74) is 0. The third kappa shape index (κ3) is 1.99. The largest absolute Gasteiger partial charge is 0.330 e. The van der Waals surface area contributed by atoms with Crippen molar-refractivity contribution in [3.8, 4) is 12.3 Å². The van der Waals surface area contributed by atoms with Gasteiger partial charge in [-0.15, -0.1) is 6.42 Å². The van der Waals surface area contributed by atoms with Crippen LogP contribution in [0.4, 0.5) is 0 Å². The number of nitrogens with zero attached hydrogens (tertiary/aromatic N) is 1. The zero-order chi connectivity index (χ0) is 8.97. The van der Waals surface area contributed by atoms with Crippen molar-refractivity contribution in [1.29, 1.82) is 0 Å². The van der Waals surface area contributed by atoms with Crippen LogP contribution in [0.2, 0.25) is 0 Å². The van der Waals surface area contributed by atoms with E-state index in [0.717, 1.165) is 19.5 Å². The first-order valence-corrected chi connectivity index (χ1v) is 4.21. The predicted octanol–water partition coefficient (Wildman–Crippen LogP) is -0.170. The second-order valence-electron chi connectivity index (χ2n) is 2.99. The van der Waals surface area contributed by atoms with Crippen molar-refractivity contribution in [2.75, 3.05) is 19.6 Å². The van der Waals surface area contributed by atoms with Crippen LogP contribution in [0.1, 0.15) is 13.3 Å². The normalized spacial score (nSPS) is 24.8. The van der Waals surface area contributed by atoms with Crippen molar-refractivity contribution in [1.82, 2.24) is 10.2 Å². The quantitative estimate of drug-likeness (QED) is 0.548. The monoisotopic (exact) mass is 166 g/mol. The molecular formula is C9H14N2O. The fourth-order valence-corrected chi connectivity index (χ4v) is 1.33. The summed E-state index contributed by atoms with van der Waals surface area (Å²) in [6.07, 6.45) is 6.14. The molecule has 0 radical (unpaired) electrons. The molecule has 1 amide bonds. The first-order valence-electron chi connectivity index (χ1n) is 4.21. The van der Waals surface area contributed by atoms with Crippen LogP contribution in [0.5, 0.6) is 0 Å². The van der Waals surface area contributed by atoms with Gasteiger partial charge in [0.15, 0.2) is 0 Å². The van der Waals surface area contributed by atoms with Gasteiger partial charge in [-0.05, 0) is 19.9 Å². The molecule has 1 heterocycles. The number of hydrogen-bond acceptors (Lipinski definition) is 2. The Morgan fingerprint density at radius 2 is 2.58 bits per heavy atom. The Bertz CT molecular complexity index is 207. The molecule has 1 saturated heterocycles. The van der Waals surface area contributed by atoms with Crippen LogP contribution in [0.15, 0.2) is 0 Å². The molecule has 12 heavy (non-hydrogen) atoms. The van der Waals surface area contributed by atoms with E-state index in [1.54, 1.807) is 4.90 Å². The summed E-state index contributed by atoms with van der Waals surface area (Å²) in [4.78, 5) is 13.2. The molecule has 0 aromatic rings. The average Bonchev–Trinajstić information content (AvgIpc) is 2.20. The lowest BCUT2D eigenvalue weighted by Crippen LogP contribution is -2.41. The molecule has 1 aliphatic heterocycles. The van der Waals surface area contributed by atoms with Gasteiger partial charge in [0, 0.05) is 6.54 Å². The number of hydrogen-bond donors (Lipinski definition) is 1. The lowest BCUT2D eigenvalue weighted by Gasteiger charge is -2.19. The van der Waals surface area contributed by atoms with Crippen molar-refractivity contribution >= 4 is 5.91 Å².